The van der Waals surface area contributed by atoms with Crippen LogP contribution in [0.25, 0.3) is 0 Å². The van der Waals surface area contributed by atoms with Crippen LogP contribution < -0.4 is 10.6 Å². The van der Waals surface area contributed by atoms with E-state index >= 15 is 0 Å². The summed E-state index contributed by atoms with van der Waals surface area (Å²) in [7, 11) is 0. The average Bonchev–Trinajstić information content (AvgIpc) is 2.45. The molecule has 2 nitrogen and oxygen atoms in total. The van der Waals surface area contributed by atoms with E-state index in [-0.39, 0.29) is 0 Å². The standard InChI is InChI=1S/C17H21BrN2/c1-3-20(16-8-4-13(2)5-9-16)17-12-15(18)7-6-14(17)10-11-19/h4-9,12H,3,10-11,19H2,1-2H3. The molecule has 0 saturated carbocycles. The van der Waals surface area contributed by atoms with Gasteiger partial charge in [-0.15, -0.1) is 0 Å². The maximum atomic E-state index is 5.74. The van der Waals surface area contributed by atoms with E-state index in [1.807, 2.05) is 0 Å². The van der Waals surface area contributed by atoms with E-state index in [1.165, 1.54) is 22.5 Å². The lowest BCUT2D eigenvalue weighted by Gasteiger charge is -2.26. The summed E-state index contributed by atoms with van der Waals surface area (Å²) in [6.45, 7) is 5.88. The SMILES string of the molecule is CCN(c1ccc(C)cc1)c1cc(Br)ccc1CCN. The third kappa shape index (κ3) is 3.41. The molecule has 0 atom stereocenters. The Kier molecular flexibility index (Phi) is 5.21. The second-order valence-corrected chi connectivity index (χ2v) is 5.81. The van der Waals surface area contributed by atoms with Crippen molar-refractivity contribution < 1.29 is 0 Å². The van der Waals surface area contributed by atoms with Crippen LogP contribution in [0, 0.1) is 6.92 Å². The van der Waals surface area contributed by atoms with Crippen molar-refractivity contribution in [1.29, 1.82) is 0 Å². The van der Waals surface area contributed by atoms with Gasteiger partial charge in [0.25, 0.3) is 0 Å². The molecule has 0 aliphatic rings. The number of hydrogen-bond acceptors (Lipinski definition) is 2. The molecule has 0 bridgehead atoms. The fourth-order valence-corrected chi connectivity index (χ4v) is 2.72. The predicted octanol–water partition coefficient (Wildman–Crippen LogP) is 4.42. The van der Waals surface area contributed by atoms with Gasteiger partial charge >= 0.3 is 0 Å². The van der Waals surface area contributed by atoms with Crippen molar-refractivity contribution in [2.45, 2.75) is 20.3 Å². The smallest absolute Gasteiger partial charge is 0.0454 e. The van der Waals surface area contributed by atoms with Gasteiger partial charge in [0.2, 0.25) is 0 Å². The van der Waals surface area contributed by atoms with Crippen LogP contribution in [-0.4, -0.2) is 13.1 Å². The monoisotopic (exact) mass is 332 g/mol. The van der Waals surface area contributed by atoms with Crippen LogP contribution in [0.5, 0.6) is 0 Å². The Hall–Kier alpha value is -1.32. The topological polar surface area (TPSA) is 29.3 Å². The molecule has 106 valence electrons. The molecule has 20 heavy (non-hydrogen) atoms. The summed E-state index contributed by atoms with van der Waals surface area (Å²) < 4.78 is 1.10. The molecule has 0 radical (unpaired) electrons. The summed E-state index contributed by atoms with van der Waals surface area (Å²) in [6.07, 6.45) is 0.894. The molecule has 0 aliphatic heterocycles. The van der Waals surface area contributed by atoms with Crippen molar-refractivity contribution in [3.8, 4) is 0 Å². The van der Waals surface area contributed by atoms with E-state index < -0.39 is 0 Å². The minimum atomic E-state index is 0.667. The maximum absolute atomic E-state index is 5.74. The highest BCUT2D eigenvalue weighted by Gasteiger charge is 2.12. The van der Waals surface area contributed by atoms with E-state index in [9.17, 15) is 0 Å². The third-order valence-electron chi connectivity index (χ3n) is 3.41. The van der Waals surface area contributed by atoms with Gasteiger partial charge < -0.3 is 10.6 Å². The lowest BCUT2D eigenvalue weighted by molar-refractivity contribution is 0.941. The van der Waals surface area contributed by atoms with Gasteiger partial charge in [0, 0.05) is 22.4 Å². The van der Waals surface area contributed by atoms with Crippen molar-refractivity contribution in [1.82, 2.24) is 0 Å². The van der Waals surface area contributed by atoms with Crippen LogP contribution in [0.15, 0.2) is 46.9 Å². The van der Waals surface area contributed by atoms with E-state index in [4.69, 9.17) is 5.73 Å². The molecule has 0 fully saturated rings. The van der Waals surface area contributed by atoms with Gasteiger partial charge in [0.05, 0.1) is 0 Å². The predicted molar refractivity (Wildman–Crippen MR) is 90.8 cm³/mol. The molecule has 0 saturated heterocycles. The minimum Gasteiger partial charge on any atom is -0.342 e. The number of rotatable bonds is 5. The quantitative estimate of drug-likeness (QED) is 0.878. The van der Waals surface area contributed by atoms with Crippen molar-refractivity contribution in [3.05, 3.63) is 58.1 Å². The van der Waals surface area contributed by atoms with Gasteiger partial charge in [0.15, 0.2) is 0 Å². The number of aryl methyl sites for hydroxylation is 1. The first-order chi connectivity index (χ1) is 9.65. The lowest BCUT2D eigenvalue weighted by Crippen LogP contribution is -2.18. The maximum Gasteiger partial charge on any atom is 0.0454 e. The minimum absolute atomic E-state index is 0.667. The van der Waals surface area contributed by atoms with E-state index in [2.05, 4.69) is 77.1 Å². The van der Waals surface area contributed by atoms with Crippen LogP contribution in [-0.2, 0) is 6.42 Å². The zero-order valence-electron chi connectivity index (χ0n) is 12.1. The summed E-state index contributed by atoms with van der Waals surface area (Å²) in [6, 6.07) is 15.1. The molecule has 3 heteroatoms. The molecule has 0 aromatic heterocycles. The highest BCUT2D eigenvalue weighted by molar-refractivity contribution is 9.10. The van der Waals surface area contributed by atoms with E-state index in [1.54, 1.807) is 0 Å². The van der Waals surface area contributed by atoms with Crippen molar-refractivity contribution in [2.75, 3.05) is 18.0 Å². The lowest BCUT2D eigenvalue weighted by atomic mass is 10.1. The van der Waals surface area contributed by atoms with Crippen molar-refractivity contribution in [3.63, 3.8) is 0 Å². The Balaban J connectivity index is 2.45. The molecule has 0 unspecified atom stereocenters. The molecular weight excluding hydrogens is 312 g/mol. The third-order valence-corrected chi connectivity index (χ3v) is 3.91. The highest BCUT2D eigenvalue weighted by Crippen LogP contribution is 2.31. The van der Waals surface area contributed by atoms with Gasteiger partial charge in [-0.1, -0.05) is 39.7 Å². The van der Waals surface area contributed by atoms with Gasteiger partial charge in [-0.3, -0.25) is 0 Å². The molecule has 2 rings (SSSR count). The van der Waals surface area contributed by atoms with E-state index in [0.29, 0.717) is 6.54 Å². The zero-order chi connectivity index (χ0) is 14.5. The molecule has 0 spiro atoms. The van der Waals surface area contributed by atoms with Crippen LogP contribution in [0.2, 0.25) is 0 Å². The van der Waals surface area contributed by atoms with Gasteiger partial charge in [-0.05, 0) is 56.6 Å². The Morgan fingerprint density at radius 3 is 2.40 bits per heavy atom. The summed E-state index contributed by atoms with van der Waals surface area (Å²) in [5, 5.41) is 0. The molecule has 0 aliphatic carbocycles. The summed E-state index contributed by atoms with van der Waals surface area (Å²) in [5.74, 6) is 0. The van der Waals surface area contributed by atoms with Gasteiger partial charge in [-0.2, -0.15) is 0 Å². The Morgan fingerprint density at radius 1 is 1.10 bits per heavy atom. The first-order valence-corrected chi connectivity index (χ1v) is 7.77. The summed E-state index contributed by atoms with van der Waals surface area (Å²) in [5.41, 5.74) is 10.8. The number of halogens is 1. The molecular formula is C17H21BrN2. The molecule has 2 N–H and O–H groups in total. The molecule has 2 aromatic carbocycles. The van der Waals surface area contributed by atoms with Gasteiger partial charge in [0.1, 0.15) is 0 Å². The number of anilines is 2. The van der Waals surface area contributed by atoms with Crippen molar-refractivity contribution >= 4 is 27.3 Å². The zero-order valence-corrected chi connectivity index (χ0v) is 13.7. The number of nitrogens with zero attached hydrogens (tertiary/aromatic N) is 1. The second-order valence-electron chi connectivity index (χ2n) is 4.89. The Bertz CT molecular complexity index is 564. The first kappa shape index (κ1) is 15.1. The van der Waals surface area contributed by atoms with Crippen molar-refractivity contribution in [2.24, 2.45) is 5.73 Å². The normalized spacial score (nSPS) is 10.6. The first-order valence-electron chi connectivity index (χ1n) is 6.98. The Morgan fingerprint density at radius 2 is 1.80 bits per heavy atom. The fraction of sp³-hybridized carbons (Fsp3) is 0.294. The van der Waals surface area contributed by atoms with Crippen LogP contribution >= 0.6 is 15.9 Å². The largest absolute Gasteiger partial charge is 0.342 e. The molecule has 0 amide bonds. The summed E-state index contributed by atoms with van der Waals surface area (Å²) in [4.78, 5) is 2.33. The average molecular weight is 333 g/mol. The second kappa shape index (κ2) is 6.91. The number of benzene rings is 2. The van der Waals surface area contributed by atoms with Gasteiger partial charge in [-0.25, -0.2) is 0 Å². The highest BCUT2D eigenvalue weighted by atomic mass is 79.9. The van der Waals surface area contributed by atoms with E-state index in [0.717, 1.165) is 17.4 Å². The van der Waals surface area contributed by atoms with Crippen LogP contribution in [0.1, 0.15) is 18.1 Å². The number of hydrogen-bond donors (Lipinski definition) is 1. The van der Waals surface area contributed by atoms with Crippen LogP contribution in [0.3, 0.4) is 0 Å². The summed E-state index contributed by atoms with van der Waals surface area (Å²) >= 11 is 3.57. The molecule has 0 heterocycles. The fourth-order valence-electron chi connectivity index (χ4n) is 2.37. The Labute approximate surface area is 129 Å². The van der Waals surface area contributed by atoms with Crippen LogP contribution in [0.4, 0.5) is 11.4 Å². The molecule has 2 aromatic rings. The number of nitrogens with two attached hydrogens (primary N) is 1.